The second-order valence-electron chi connectivity index (χ2n) is 8.47. The van der Waals surface area contributed by atoms with E-state index in [1.807, 2.05) is 53.2 Å². The molecule has 2 aromatic heterocycles. The minimum Gasteiger partial charge on any atom is -0.496 e. The van der Waals surface area contributed by atoms with Crippen LogP contribution in [0.5, 0.6) is 11.5 Å². The molecular formula is C26H29N5O2. The van der Waals surface area contributed by atoms with E-state index < -0.39 is 0 Å². The molecule has 1 N–H and O–H groups in total. The van der Waals surface area contributed by atoms with E-state index in [9.17, 15) is 0 Å². The summed E-state index contributed by atoms with van der Waals surface area (Å²) in [6.45, 7) is 2.20. The van der Waals surface area contributed by atoms with Crippen LogP contribution in [-0.2, 0) is 0 Å². The number of hydrogen-bond donors (Lipinski definition) is 1. The number of anilines is 2. The highest BCUT2D eigenvalue weighted by Crippen LogP contribution is 2.39. The van der Waals surface area contributed by atoms with Gasteiger partial charge >= 0.3 is 0 Å². The first kappa shape index (κ1) is 21.3. The Balaban J connectivity index is 1.49. The molecule has 0 radical (unpaired) electrons. The lowest BCUT2D eigenvalue weighted by atomic mass is 9.88. The molecule has 33 heavy (non-hydrogen) atoms. The Morgan fingerprint density at radius 2 is 1.76 bits per heavy atom. The van der Waals surface area contributed by atoms with Crippen molar-refractivity contribution in [3.8, 4) is 22.8 Å². The van der Waals surface area contributed by atoms with E-state index in [-0.39, 0.29) is 0 Å². The van der Waals surface area contributed by atoms with Crippen LogP contribution < -0.4 is 14.8 Å². The molecular weight excluding hydrogens is 414 g/mol. The van der Waals surface area contributed by atoms with Crippen molar-refractivity contribution >= 4 is 17.2 Å². The van der Waals surface area contributed by atoms with Crippen LogP contribution in [0, 0.1) is 0 Å². The van der Waals surface area contributed by atoms with Crippen LogP contribution in [0.25, 0.3) is 16.8 Å². The maximum Gasteiger partial charge on any atom is 0.245 e. The Morgan fingerprint density at radius 1 is 0.939 bits per heavy atom. The van der Waals surface area contributed by atoms with E-state index >= 15 is 0 Å². The van der Waals surface area contributed by atoms with Gasteiger partial charge in [-0.3, -0.25) is 0 Å². The topological polar surface area (TPSA) is 63.9 Å². The fourth-order valence-corrected chi connectivity index (χ4v) is 4.66. The van der Waals surface area contributed by atoms with Gasteiger partial charge in [0.1, 0.15) is 11.5 Å². The number of para-hydroxylation sites is 2. The third-order valence-corrected chi connectivity index (χ3v) is 6.44. The summed E-state index contributed by atoms with van der Waals surface area (Å²) in [7, 11) is 5.59. The maximum absolute atomic E-state index is 5.87. The molecule has 0 atom stereocenters. The van der Waals surface area contributed by atoms with Crippen LogP contribution in [0.4, 0.5) is 11.6 Å². The van der Waals surface area contributed by atoms with Crippen molar-refractivity contribution in [1.29, 1.82) is 0 Å². The zero-order valence-corrected chi connectivity index (χ0v) is 19.3. The number of nitrogens with one attached hydrogen (secondary N) is 1. The molecule has 1 aliphatic heterocycles. The summed E-state index contributed by atoms with van der Waals surface area (Å²) in [5.74, 6) is 2.67. The highest BCUT2D eigenvalue weighted by Gasteiger charge is 2.23. The van der Waals surface area contributed by atoms with Crippen LogP contribution in [0.2, 0.25) is 0 Å². The Kier molecular flexibility index (Phi) is 5.88. The van der Waals surface area contributed by atoms with Gasteiger partial charge in [0.05, 0.1) is 37.3 Å². The monoisotopic (exact) mass is 443 g/mol. The van der Waals surface area contributed by atoms with Crippen LogP contribution >= 0.6 is 0 Å². The average Bonchev–Trinajstić information content (AvgIpc) is 3.27. The number of hydrogen-bond acceptors (Lipinski definition) is 6. The van der Waals surface area contributed by atoms with Crippen molar-refractivity contribution in [1.82, 2.24) is 19.5 Å². The third-order valence-electron chi connectivity index (χ3n) is 6.44. The number of rotatable bonds is 6. The highest BCUT2D eigenvalue weighted by molar-refractivity contribution is 5.72. The maximum atomic E-state index is 5.87. The van der Waals surface area contributed by atoms with Crippen LogP contribution in [0.3, 0.4) is 0 Å². The standard InChI is InChI=1S/C26H29N5O2/c1-30-15-13-18(14-16-30)20-8-6-9-22(25(20)33-3)28-26-27-17-19-11-12-23(31(19)29-26)21-7-4-5-10-24(21)32-2/h4-12,17-18H,13-16H2,1-3H3,(H,28,29). The van der Waals surface area contributed by atoms with Gasteiger partial charge in [-0.25, -0.2) is 9.50 Å². The van der Waals surface area contributed by atoms with E-state index in [2.05, 4.69) is 34.4 Å². The molecule has 0 aliphatic carbocycles. The molecule has 0 saturated carbocycles. The van der Waals surface area contributed by atoms with Gasteiger partial charge in [0.25, 0.3) is 0 Å². The van der Waals surface area contributed by atoms with Crippen LogP contribution in [-0.4, -0.2) is 53.9 Å². The number of piperidine rings is 1. The minimum atomic E-state index is 0.489. The second-order valence-corrected chi connectivity index (χ2v) is 8.47. The zero-order valence-electron chi connectivity index (χ0n) is 19.3. The molecule has 7 nitrogen and oxygen atoms in total. The molecule has 4 aromatic rings. The zero-order chi connectivity index (χ0) is 22.8. The molecule has 170 valence electrons. The summed E-state index contributed by atoms with van der Waals surface area (Å²) in [5.41, 5.74) is 4.95. The fourth-order valence-electron chi connectivity index (χ4n) is 4.66. The van der Waals surface area contributed by atoms with E-state index in [0.29, 0.717) is 11.9 Å². The van der Waals surface area contributed by atoms with Gasteiger partial charge in [0.2, 0.25) is 5.95 Å². The average molecular weight is 444 g/mol. The third kappa shape index (κ3) is 4.12. The van der Waals surface area contributed by atoms with Crippen molar-refractivity contribution in [3.05, 3.63) is 66.4 Å². The van der Waals surface area contributed by atoms with Gasteiger partial charge in [0.15, 0.2) is 0 Å². The quantitative estimate of drug-likeness (QED) is 0.454. The van der Waals surface area contributed by atoms with Crippen molar-refractivity contribution in [2.45, 2.75) is 18.8 Å². The summed E-state index contributed by atoms with van der Waals surface area (Å²) >= 11 is 0. The lowest BCUT2D eigenvalue weighted by Gasteiger charge is -2.30. The predicted molar refractivity (Wildman–Crippen MR) is 131 cm³/mol. The first-order valence-electron chi connectivity index (χ1n) is 11.3. The van der Waals surface area contributed by atoms with E-state index in [1.165, 1.54) is 5.56 Å². The molecule has 0 spiro atoms. The molecule has 5 rings (SSSR count). The molecule has 1 aliphatic rings. The molecule has 7 heteroatoms. The highest BCUT2D eigenvalue weighted by atomic mass is 16.5. The molecule has 0 amide bonds. The molecule has 0 unspecified atom stereocenters. The molecule has 0 bridgehead atoms. The molecule has 1 fully saturated rings. The lowest BCUT2D eigenvalue weighted by Crippen LogP contribution is -2.29. The summed E-state index contributed by atoms with van der Waals surface area (Å²) in [6, 6.07) is 18.3. The van der Waals surface area contributed by atoms with Gasteiger partial charge in [-0.05, 0) is 74.8 Å². The number of ether oxygens (including phenoxy) is 2. The number of benzene rings is 2. The Morgan fingerprint density at radius 3 is 2.55 bits per heavy atom. The Bertz CT molecular complexity index is 1260. The number of likely N-dealkylation sites (tertiary alicyclic amines) is 1. The molecule has 2 aromatic carbocycles. The number of aromatic nitrogens is 3. The van der Waals surface area contributed by atoms with Gasteiger partial charge in [-0.1, -0.05) is 24.3 Å². The summed E-state index contributed by atoms with van der Waals surface area (Å²) < 4.78 is 13.3. The number of nitrogens with zero attached hydrogens (tertiary/aromatic N) is 4. The van der Waals surface area contributed by atoms with Gasteiger partial charge in [-0.15, -0.1) is 5.10 Å². The van der Waals surface area contributed by atoms with Gasteiger partial charge in [0, 0.05) is 5.56 Å². The minimum absolute atomic E-state index is 0.489. The normalized spacial score (nSPS) is 15.0. The van der Waals surface area contributed by atoms with E-state index in [1.54, 1.807) is 14.2 Å². The molecule has 3 heterocycles. The van der Waals surface area contributed by atoms with Crippen molar-refractivity contribution in [3.63, 3.8) is 0 Å². The number of methoxy groups -OCH3 is 2. The Labute approximate surface area is 194 Å². The predicted octanol–water partition coefficient (Wildman–Crippen LogP) is 4.97. The smallest absolute Gasteiger partial charge is 0.245 e. The van der Waals surface area contributed by atoms with E-state index in [4.69, 9.17) is 14.6 Å². The first-order valence-corrected chi connectivity index (χ1v) is 11.3. The van der Waals surface area contributed by atoms with Crippen molar-refractivity contribution in [2.24, 2.45) is 0 Å². The van der Waals surface area contributed by atoms with Crippen molar-refractivity contribution < 1.29 is 9.47 Å². The summed E-state index contributed by atoms with van der Waals surface area (Å²) in [5, 5.41) is 8.18. The first-order chi connectivity index (χ1) is 16.2. The van der Waals surface area contributed by atoms with Crippen LogP contribution in [0.15, 0.2) is 60.8 Å². The summed E-state index contributed by atoms with van der Waals surface area (Å²) in [6.07, 6.45) is 4.08. The largest absolute Gasteiger partial charge is 0.496 e. The number of fused-ring (bicyclic) bond motifs is 1. The van der Waals surface area contributed by atoms with Gasteiger partial charge < -0.3 is 19.7 Å². The van der Waals surface area contributed by atoms with E-state index in [0.717, 1.165) is 59.9 Å². The lowest BCUT2D eigenvalue weighted by molar-refractivity contribution is 0.252. The SMILES string of the molecule is COc1ccccc1-c1ccc2cnc(Nc3cccc(C4CCN(C)CC4)c3OC)nn12. The summed E-state index contributed by atoms with van der Waals surface area (Å²) in [4.78, 5) is 6.92. The van der Waals surface area contributed by atoms with Crippen LogP contribution in [0.1, 0.15) is 24.3 Å². The van der Waals surface area contributed by atoms with Gasteiger partial charge in [-0.2, -0.15) is 0 Å². The van der Waals surface area contributed by atoms with Crippen molar-refractivity contribution in [2.75, 3.05) is 39.7 Å². The second kappa shape index (κ2) is 9.11. The Hall–Kier alpha value is -3.58. The fraction of sp³-hybridized carbons (Fsp3) is 0.308. The molecule has 1 saturated heterocycles.